The molecule has 3 rings (SSSR count). The normalized spacial score (nSPS) is 16.0. The molecule has 0 aliphatic carbocycles. The molecular weight excluding hydrogens is 307 g/mol. The summed E-state index contributed by atoms with van der Waals surface area (Å²) in [6.45, 7) is 3.30. The number of carbonyl (C=O) groups is 1. The number of rotatable bonds is 6. The van der Waals surface area contributed by atoms with Gasteiger partial charge in [0.05, 0.1) is 18.8 Å². The summed E-state index contributed by atoms with van der Waals surface area (Å²) >= 11 is 0. The molecule has 1 aliphatic rings. The molecule has 0 spiro atoms. The van der Waals surface area contributed by atoms with Crippen molar-refractivity contribution in [3.63, 3.8) is 0 Å². The standard InChI is InChI=1S/C19H21FN2O2/c1-2-15-11-22-17-9-13(7-8-19(17)24-15)18(23)12-21-10-14-5-3-4-6-16(14)20/h3-9,15,21-22H,2,10-12H2,1H3. The molecule has 5 heteroatoms. The number of carbonyl (C=O) groups excluding carboxylic acids is 1. The molecule has 0 fully saturated rings. The zero-order chi connectivity index (χ0) is 16.9. The smallest absolute Gasteiger partial charge is 0.176 e. The van der Waals surface area contributed by atoms with Crippen LogP contribution in [-0.4, -0.2) is 25.0 Å². The van der Waals surface area contributed by atoms with Gasteiger partial charge in [-0.25, -0.2) is 4.39 Å². The fourth-order valence-corrected chi connectivity index (χ4v) is 2.67. The maximum atomic E-state index is 13.5. The third-order valence-electron chi connectivity index (χ3n) is 4.13. The summed E-state index contributed by atoms with van der Waals surface area (Å²) in [4.78, 5) is 12.3. The third-order valence-corrected chi connectivity index (χ3v) is 4.13. The van der Waals surface area contributed by atoms with E-state index < -0.39 is 0 Å². The molecule has 0 amide bonds. The summed E-state index contributed by atoms with van der Waals surface area (Å²) in [7, 11) is 0. The van der Waals surface area contributed by atoms with Crippen molar-refractivity contribution in [1.29, 1.82) is 0 Å². The van der Waals surface area contributed by atoms with Crippen LogP contribution < -0.4 is 15.4 Å². The SMILES string of the molecule is CCC1CNc2cc(C(=O)CNCc3ccccc3F)ccc2O1. The van der Waals surface area contributed by atoms with Gasteiger partial charge >= 0.3 is 0 Å². The molecule has 0 aromatic heterocycles. The fourth-order valence-electron chi connectivity index (χ4n) is 2.67. The molecule has 2 aromatic rings. The summed E-state index contributed by atoms with van der Waals surface area (Å²) in [6.07, 6.45) is 1.11. The lowest BCUT2D eigenvalue weighted by atomic mass is 10.1. The summed E-state index contributed by atoms with van der Waals surface area (Å²) in [5, 5.41) is 6.30. The molecule has 0 bridgehead atoms. The van der Waals surface area contributed by atoms with Gasteiger partial charge in [0.1, 0.15) is 17.7 Å². The first-order valence-corrected chi connectivity index (χ1v) is 8.19. The minimum absolute atomic E-state index is 0.0337. The van der Waals surface area contributed by atoms with Gasteiger partial charge < -0.3 is 15.4 Å². The Morgan fingerprint density at radius 1 is 1.33 bits per heavy atom. The van der Waals surface area contributed by atoms with Crippen molar-refractivity contribution in [3.05, 3.63) is 59.4 Å². The Hall–Kier alpha value is -2.40. The lowest BCUT2D eigenvalue weighted by Gasteiger charge is -2.26. The third kappa shape index (κ3) is 3.74. The molecule has 1 heterocycles. The van der Waals surface area contributed by atoms with E-state index in [0.29, 0.717) is 17.7 Å². The van der Waals surface area contributed by atoms with Crippen LogP contribution in [-0.2, 0) is 6.54 Å². The van der Waals surface area contributed by atoms with Crippen LogP contribution in [0.3, 0.4) is 0 Å². The van der Waals surface area contributed by atoms with Crippen LogP contribution >= 0.6 is 0 Å². The van der Waals surface area contributed by atoms with Crippen LogP contribution in [0.2, 0.25) is 0 Å². The predicted octanol–water partition coefficient (Wildman–Crippen LogP) is 3.38. The number of hydrogen-bond donors (Lipinski definition) is 2. The van der Waals surface area contributed by atoms with Crippen molar-refractivity contribution < 1.29 is 13.9 Å². The highest BCUT2D eigenvalue weighted by Crippen LogP contribution is 2.30. The molecule has 1 atom stereocenters. The van der Waals surface area contributed by atoms with E-state index in [4.69, 9.17) is 4.74 Å². The molecule has 4 nitrogen and oxygen atoms in total. The molecule has 2 N–H and O–H groups in total. The average molecular weight is 328 g/mol. The molecule has 0 saturated heterocycles. The molecule has 0 saturated carbocycles. The number of fused-ring (bicyclic) bond motifs is 1. The maximum Gasteiger partial charge on any atom is 0.176 e. The predicted molar refractivity (Wildman–Crippen MR) is 92.1 cm³/mol. The van der Waals surface area contributed by atoms with Gasteiger partial charge in [-0.1, -0.05) is 25.1 Å². The first-order chi connectivity index (χ1) is 11.7. The number of hydrogen-bond acceptors (Lipinski definition) is 4. The zero-order valence-corrected chi connectivity index (χ0v) is 13.6. The second-order valence-corrected chi connectivity index (χ2v) is 5.86. The fraction of sp³-hybridized carbons (Fsp3) is 0.316. The monoisotopic (exact) mass is 328 g/mol. The van der Waals surface area contributed by atoms with Crippen molar-refractivity contribution in [1.82, 2.24) is 5.32 Å². The van der Waals surface area contributed by atoms with E-state index in [-0.39, 0.29) is 24.2 Å². The Bertz CT molecular complexity index is 733. The minimum Gasteiger partial charge on any atom is -0.486 e. The summed E-state index contributed by atoms with van der Waals surface area (Å²) < 4.78 is 19.4. The highest BCUT2D eigenvalue weighted by atomic mass is 19.1. The highest BCUT2D eigenvalue weighted by molar-refractivity contribution is 5.98. The first kappa shape index (κ1) is 16.5. The number of ketones is 1. The van der Waals surface area contributed by atoms with E-state index >= 15 is 0 Å². The van der Waals surface area contributed by atoms with Gasteiger partial charge in [-0.2, -0.15) is 0 Å². The number of benzene rings is 2. The van der Waals surface area contributed by atoms with Gasteiger partial charge in [0.2, 0.25) is 0 Å². The van der Waals surface area contributed by atoms with Gasteiger partial charge in [-0.3, -0.25) is 4.79 Å². The molecule has 2 aromatic carbocycles. The first-order valence-electron chi connectivity index (χ1n) is 8.19. The van der Waals surface area contributed by atoms with Gasteiger partial charge in [0.15, 0.2) is 5.78 Å². The number of ether oxygens (including phenoxy) is 1. The lowest BCUT2D eigenvalue weighted by Crippen LogP contribution is -2.30. The summed E-state index contributed by atoms with van der Waals surface area (Å²) in [6, 6.07) is 12.0. The van der Waals surface area contributed by atoms with Crippen molar-refractivity contribution >= 4 is 11.5 Å². The lowest BCUT2D eigenvalue weighted by molar-refractivity contribution is 0.0990. The maximum absolute atomic E-state index is 13.5. The van der Waals surface area contributed by atoms with E-state index in [9.17, 15) is 9.18 Å². The number of nitrogens with one attached hydrogen (secondary N) is 2. The largest absolute Gasteiger partial charge is 0.486 e. The van der Waals surface area contributed by atoms with Crippen molar-refractivity contribution in [2.45, 2.75) is 26.0 Å². The quantitative estimate of drug-likeness (QED) is 0.798. The van der Waals surface area contributed by atoms with Crippen molar-refractivity contribution in [3.8, 4) is 5.75 Å². The molecule has 1 aliphatic heterocycles. The van der Waals surface area contributed by atoms with E-state index in [1.165, 1.54) is 6.07 Å². The van der Waals surface area contributed by atoms with Crippen molar-refractivity contribution in [2.24, 2.45) is 0 Å². The molecule has 0 radical (unpaired) electrons. The van der Waals surface area contributed by atoms with Gasteiger partial charge in [-0.15, -0.1) is 0 Å². The molecule has 1 unspecified atom stereocenters. The Labute approximate surface area is 141 Å². The second-order valence-electron chi connectivity index (χ2n) is 5.86. The van der Waals surface area contributed by atoms with E-state index in [0.717, 1.165) is 24.4 Å². The van der Waals surface area contributed by atoms with Gasteiger partial charge in [-0.05, 0) is 30.7 Å². The Kier molecular flexibility index (Phi) is 5.11. The van der Waals surface area contributed by atoms with E-state index in [2.05, 4.69) is 17.6 Å². The zero-order valence-electron chi connectivity index (χ0n) is 13.6. The number of Topliss-reactive ketones (excluding diaryl/α,β-unsaturated/α-hetero) is 1. The van der Waals surface area contributed by atoms with Crippen LogP contribution in [0.1, 0.15) is 29.3 Å². The second kappa shape index (κ2) is 7.45. The van der Waals surface area contributed by atoms with E-state index in [1.807, 2.05) is 12.1 Å². The summed E-state index contributed by atoms with van der Waals surface area (Å²) in [5.41, 5.74) is 2.01. The molecule has 126 valence electrons. The van der Waals surface area contributed by atoms with Crippen molar-refractivity contribution in [2.75, 3.05) is 18.4 Å². The van der Waals surface area contributed by atoms with Crippen LogP contribution in [0.5, 0.6) is 5.75 Å². The number of halogens is 1. The van der Waals surface area contributed by atoms with Gasteiger partial charge in [0, 0.05) is 17.7 Å². The van der Waals surface area contributed by atoms with Crippen LogP contribution in [0, 0.1) is 5.82 Å². The van der Waals surface area contributed by atoms with Gasteiger partial charge in [0.25, 0.3) is 0 Å². The van der Waals surface area contributed by atoms with Crippen LogP contribution in [0.25, 0.3) is 0 Å². The van der Waals surface area contributed by atoms with Crippen LogP contribution in [0.15, 0.2) is 42.5 Å². The average Bonchev–Trinajstić information content (AvgIpc) is 2.62. The van der Waals surface area contributed by atoms with Crippen LogP contribution in [0.4, 0.5) is 10.1 Å². The minimum atomic E-state index is -0.266. The Morgan fingerprint density at radius 3 is 2.96 bits per heavy atom. The summed E-state index contributed by atoms with van der Waals surface area (Å²) in [5.74, 6) is 0.482. The number of anilines is 1. The highest BCUT2D eigenvalue weighted by Gasteiger charge is 2.19. The Balaban J connectivity index is 1.59. The molecule has 24 heavy (non-hydrogen) atoms. The van der Waals surface area contributed by atoms with E-state index in [1.54, 1.807) is 24.3 Å². The Morgan fingerprint density at radius 2 is 2.17 bits per heavy atom. The molecular formula is C19H21FN2O2. The topological polar surface area (TPSA) is 50.4 Å².